The molecule has 0 N–H and O–H groups in total. The first kappa shape index (κ1) is 6.99. The Balaban J connectivity index is 2.30. The van der Waals surface area contributed by atoms with Crippen molar-refractivity contribution in [3.05, 3.63) is 6.61 Å². The maximum Gasteiger partial charge on any atom is 0.133 e. The van der Waals surface area contributed by atoms with E-state index in [0.717, 1.165) is 6.54 Å². The lowest BCUT2D eigenvalue weighted by Gasteiger charge is -2.30. The molecule has 0 aliphatic carbocycles. The summed E-state index contributed by atoms with van der Waals surface area (Å²) in [7, 11) is 3.70. The lowest BCUT2D eigenvalue weighted by Crippen LogP contribution is -2.41. The van der Waals surface area contributed by atoms with Gasteiger partial charge in [0.1, 0.15) is 6.23 Å². The van der Waals surface area contributed by atoms with E-state index in [-0.39, 0.29) is 6.23 Å². The van der Waals surface area contributed by atoms with Crippen LogP contribution >= 0.6 is 0 Å². The molecule has 1 fully saturated rings. The highest BCUT2D eigenvalue weighted by molar-refractivity contribution is 4.69. The summed E-state index contributed by atoms with van der Waals surface area (Å²) >= 11 is 0. The minimum atomic E-state index is 0.134. The third kappa shape index (κ3) is 1.64. The maximum absolute atomic E-state index is 5.08. The number of ether oxygens (including phenoxy) is 2. The first-order chi connectivity index (χ1) is 4.34. The first-order valence-electron chi connectivity index (χ1n) is 3.01. The van der Waals surface area contributed by atoms with Crippen LogP contribution in [0.15, 0.2) is 0 Å². The Morgan fingerprint density at radius 1 is 1.78 bits per heavy atom. The molecule has 1 aliphatic rings. The summed E-state index contributed by atoms with van der Waals surface area (Å²) in [6.07, 6.45) is 0.134. The number of nitrogens with zero attached hydrogens (tertiary/aromatic N) is 1. The topological polar surface area (TPSA) is 21.7 Å². The van der Waals surface area contributed by atoms with Crippen LogP contribution in [0.3, 0.4) is 0 Å². The predicted octanol–water partition coefficient (Wildman–Crippen LogP) is 0.0827. The number of hydrogen-bond donors (Lipinski definition) is 0. The van der Waals surface area contributed by atoms with Crippen LogP contribution in [0.4, 0.5) is 0 Å². The molecule has 1 unspecified atom stereocenters. The fraction of sp³-hybridized carbons (Fsp3) is 0.833. The fourth-order valence-electron chi connectivity index (χ4n) is 0.813. The fourth-order valence-corrected chi connectivity index (χ4v) is 0.813. The van der Waals surface area contributed by atoms with Gasteiger partial charge in [-0.05, 0) is 7.05 Å². The molecule has 0 aromatic heterocycles. The number of rotatable bonds is 1. The molecule has 9 heavy (non-hydrogen) atoms. The van der Waals surface area contributed by atoms with Crippen LogP contribution in [0.2, 0.25) is 0 Å². The van der Waals surface area contributed by atoms with Crippen molar-refractivity contribution in [1.82, 2.24) is 4.90 Å². The van der Waals surface area contributed by atoms with Crippen molar-refractivity contribution in [3.8, 4) is 0 Å². The molecule has 0 aromatic rings. The Morgan fingerprint density at radius 3 is 3.00 bits per heavy atom. The molecule has 1 atom stereocenters. The minimum Gasteiger partial charge on any atom is -0.370 e. The van der Waals surface area contributed by atoms with Crippen molar-refractivity contribution in [3.63, 3.8) is 0 Å². The van der Waals surface area contributed by atoms with Gasteiger partial charge in [-0.15, -0.1) is 0 Å². The van der Waals surface area contributed by atoms with Crippen molar-refractivity contribution in [2.24, 2.45) is 0 Å². The molecule has 1 saturated heterocycles. The smallest absolute Gasteiger partial charge is 0.133 e. The SMILES string of the molecule is COC1CO[CH]CN1C. The van der Waals surface area contributed by atoms with Gasteiger partial charge in [-0.3, -0.25) is 4.90 Å². The molecule has 3 nitrogen and oxygen atoms in total. The minimum absolute atomic E-state index is 0.134. The van der Waals surface area contributed by atoms with E-state index >= 15 is 0 Å². The molecular formula is C6H12NO2. The standard InChI is InChI=1S/C6H12NO2/c1-7-3-4-9-5-6(7)8-2/h4,6H,3,5H2,1-2H3. The van der Waals surface area contributed by atoms with E-state index in [1.165, 1.54) is 0 Å². The number of morpholine rings is 1. The third-order valence-corrected chi connectivity index (χ3v) is 1.48. The zero-order valence-electron chi connectivity index (χ0n) is 5.83. The number of likely N-dealkylation sites (N-methyl/N-ethyl adjacent to an activating group) is 1. The van der Waals surface area contributed by atoms with Crippen LogP contribution in [0, 0.1) is 6.61 Å². The highest BCUT2D eigenvalue weighted by atomic mass is 16.5. The third-order valence-electron chi connectivity index (χ3n) is 1.48. The molecule has 1 heterocycles. The van der Waals surface area contributed by atoms with E-state index in [9.17, 15) is 0 Å². The van der Waals surface area contributed by atoms with E-state index in [1.807, 2.05) is 7.05 Å². The van der Waals surface area contributed by atoms with Gasteiger partial charge in [-0.25, -0.2) is 0 Å². The van der Waals surface area contributed by atoms with Gasteiger partial charge in [-0.1, -0.05) is 0 Å². The molecule has 53 valence electrons. The average Bonchev–Trinajstić information content (AvgIpc) is 1.89. The second kappa shape index (κ2) is 3.15. The molecule has 1 rings (SSSR count). The molecule has 3 heteroatoms. The monoisotopic (exact) mass is 130 g/mol. The van der Waals surface area contributed by atoms with Crippen molar-refractivity contribution in [1.29, 1.82) is 0 Å². The van der Waals surface area contributed by atoms with E-state index in [1.54, 1.807) is 13.7 Å². The van der Waals surface area contributed by atoms with Gasteiger partial charge in [-0.2, -0.15) is 0 Å². The van der Waals surface area contributed by atoms with E-state index in [0.29, 0.717) is 6.61 Å². The van der Waals surface area contributed by atoms with Crippen LogP contribution in [0.25, 0.3) is 0 Å². The Labute approximate surface area is 55.5 Å². The second-order valence-electron chi connectivity index (χ2n) is 2.13. The van der Waals surface area contributed by atoms with E-state index < -0.39 is 0 Å². The Kier molecular flexibility index (Phi) is 2.45. The lowest BCUT2D eigenvalue weighted by molar-refractivity contribution is -0.0923. The van der Waals surface area contributed by atoms with Crippen LogP contribution in [-0.4, -0.2) is 38.4 Å². The molecule has 0 saturated carbocycles. The summed E-state index contributed by atoms with van der Waals surface area (Å²) in [6.45, 7) is 3.28. The molecule has 0 amide bonds. The van der Waals surface area contributed by atoms with Crippen LogP contribution in [0.1, 0.15) is 0 Å². The summed E-state index contributed by atoms with van der Waals surface area (Å²) < 4.78 is 10.1. The Bertz CT molecular complexity index is 87.1. The highest BCUT2D eigenvalue weighted by Gasteiger charge is 2.17. The number of hydrogen-bond acceptors (Lipinski definition) is 3. The second-order valence-corrected chi connectivity index (χ2v) is 2.13. The molecule has 1 aliphatic heterocycles. The van der Waals surface area contributed by atoms with Crippen LogP contribution in [0.5, 0.6) is 0 Å². The number of methoxy groups -OCH3 is 1. The van der Waals surface area contributed by atoms with Gasteiger partial charge in [0.05, 0.1) is 13.2 Å². The lowest BCUT2D eigenvalue weighted by atomic mass is 10.4. The van der Waals surface area contributed by atoms with Gasteiger partial charge in [0.15, 0.2) is 0 Å². The van der Waals surface area contributed by atoms with Crippen LogP contribution < -0.4 is 0 Å². The quantitative estimate of drug-likeness (QED) is 0.502. The maximum atomic E-state index is 5.08. The van der Waals surface area contributed by atoms with E-state index in [2.05, 4.69) is 4.90 Å². The normalized spacial score (nSPS) is 30.7. The molecule has 1 radical (unpaired) electrons. The van der Waals surface area contributed by atoms with Crippen LogP contribution in [-0.2, 0) is 9.47 Å². The van der Waals surface area contributed by atoms with Gasteiger partial charge < -0.3 is 9.47 Å². The molecular weight excluding hydrogens is 118 g/mol. The summed E-state index contributed by atoms with van der Waals surface area (Å²) in [5, 5.41) is 0. The summed E-state index contributed by atoms with van der Waals surface area (Å²) in [6, 6.07) is 0. The van der Waals surface area contributed by atoms with Gasteiger partial charge in [0, 0.05) is 13.7 Å². The Hall–Kier alpha value is -0.120. The first-order valence-corrected chi connectivity index (χ1v) is 3.01. The summed E-state index contributed by atoms with van der Waals surface area (Å²) in [4.78, 5) is 2.09. The van der Waals surface area contributed by atoms with Gasteiger partial charge >= 0.3 is 0 Å². The zero-order chi connectivity index (χ0) is 6.69. The van der Waals surface area contributed by atoms with Crippen molar-refractivity contribution in [2.45, 2.75) is 6.23 Å². The highest BCUT2D eigenvalue weighted by Crippen LogP contribution is 2.05. The van der Waals surface area contributed by atoms with Crippen molar-refractivity contribution < 1.29 is 9.47 Å². The average molecular weight is 130 g/mol. The van der Waals surface area contributed by atoms with Crippen molar-refractivity contribution >= 4 is 0 Å². The summed E-state index contributed by atoms with van der Waals surface area (Å²) in [5.41, 5.74) is 0. The predicted molar refractivity (Wildman–Crippen MR) is 33.7 cm³/mol. The molecule has 0 aromatic carbocycles. The Morgan fingerprint density at radius 2 is 2.56 bits per heavy atom. The van der Waals surface area contributed by atoms with Gasteiger partial charge in [0.25, 0.3) is 0 Å². The van der Waals surface area contributed by atoms with Gasteiger partial charge in [0.2, 0.25) is 0 Å². The summed E-state index contributed by atoms with van der Waals surface area (Å²) in [5.74, 6) is 0. The zero-order valence-corrected chi connectivity index (χ0v) is 5.83. The largest absolute Gasteiger partial charge is 0.370 e. The van der Waals surface area contributed by atoms with E-state index in [4.69, 9.17) is 9.47 Å². The molecule has 0 spiro atoms. The van der Waals surface area contributed by atoms with Crippen molar-refractivity contribution in [2.75, 3.05) is 27.3 Å². The molecule has 0 bridgehead atoms.